The Morgan fingerprint density at radius 3 is 3.17 bits per heavy atom. The Bertz CT molecular complexity index is 864. The van der Waals surface area contributed by atoms with Crippen LogP contribution in [0.5, 0.6) is 0 Å². The summed E-state index contributed by atoms with van der Waals surface area (Å²) in [6.07, 6.45) is 3.85. The fraction of sp³-hybridized carbons (Fsp3) is 0.375. The molecular weight excluding hydrogens is 292 g/mol. The number of fused-ring (bicyclic) bond motifs is 2. The van der Waals surface area contributed by atoms with Gasteiger partial charge in [-0.2, -0.15) is 0 Å². The highest BCUT2D eigenvalue weighted by Crippen LogP contribution is 2.15. The van der Waals surface area contributed by atoms with Crippen molar-refractivity contribution in [3.05, 3.63) is 42.0 Å². The Hall–Kier alpha value is -2.70. The van der Waals surface area contributed by atoms with Gasteiger partial charge in [-0.25, -0.2) is 9.67 Å². The monoisotopic (exact) mass is 310 g/mol. The van der Waals surface area contributed by atoms with Gasteiger partial charge < -0.3 is 9.88 Å². The van der Waals surface area contributed by atoms with E-state index in [0.717, 1.165) is 41.9 Å². The molecule has 1 N–H and O–H groups in total. The second-order valence-corrected chi connectivity index (χ2v) is 5.99. The molecule has 7 heteroatoms. The van der Waals surface area contributed by atoms with E-state index in [1.165, 1.54) is 0 Å². The van der Waals surface area contributed by atoms with Gasteiger partial charge in [-0.1, -0.05) is 17.3 Å². The summed E-state index contributed by atoms with van der Waals surface area (Å²) in [7, 11) is 0. The van der Waals surface area contributed by atoms with Gasteiger partial charge in [0.05, 0.1) is 11.2 Å². The van der Waals surface area contributed by atoms with Crippen LogP contribution in [0.2, 0.25) is 0 Å². The van der Waals surface area contributed by atoms with Crippen LogP contribution < -0.4 is 5.32 Å². The number of aryl methyl sites for hydroxylation is 2. The van der Waals surface area contributed by atoms with E-state index >= 15 is 0 Å². The van der Waals surface area contributed by atoms with Crippen molar-refractivity contribution in [3.8, 4) is 0 Å². The van der Waals surface area contributed by atoms with Crippen LogP contribution in [0.15, 0.2) is 30.5 Å². The molecule has 3 heterocycles. The predicted molar refractivity (Wildman–Crippen MR) is 84.7 cm³/mol. The van der Waals surface area contributed by atoms with Gasteiger partial charge in [0.25, 0.3) is 0 Å². The Morgan fingerprint density at radius 1 is 1.39 bits per heavy atom. The van der Waals surface area contributed by atoms with E-state index in [1.807, 2.05) is 37.4 Å². The van der Waals surface area contributed by atoms with Gasteiger partial charge in [0.15, 0.2) is 0 Å². The molecule has 0 fully saturated rings. The molecule has 7 nitrogen and oxygen atoms in total. The van der Waals surface area contributed by atoms with Crippen molar-refractivity contribution < 1.29 is 4.79 Å². The van der Waals surface area contributed by atoms with Gasteiger partial charge in [-0.3, -0.25) is 4.79 Å². The number of imidazole rings is 1. The van der Waals surface area contributed by atoms with Gasteiger partial charge >= 0.3 is 0 Å². The number of rotatable bonds is 3. The average Bonchev–Trinajstić information content (AvgIpc) is 3.10. The van der Waals surface area contributed by atoms with Crippen molar-refractivity contribution in [1.82, 2.24) is 29.9 Å². The van der Waals surface area contributed by atoms with Crippen LogP contribution in [-0.4, -0.2) is 36.5 Å². The molecule has 0 saturated carbocycles. The second kappa shape index (κ2) is 5.49. The first kappa shape index (κ1) is 13.9. The topological polar surface area (TPSA) is 77.6 Å². The summed E-state index contributed by atoms with van der Waals surface area (Å²) in [5.74, 6) is 1.07. The number of aromatic nitrogens is 5. The lowest BCUT2D eigenvalue weighted by Crippen LogP contribution is -2.42. The fourth-order valence-electron chi connectivity index (χ4n) is 3.15. The van der Waals surface area contributed by atoms with Crippen LogP contribution in [0.3, 0.4) is 0 Å². The molecule has 0 saturated heterocycles. The zero-order valence-electron chi connectivity index (χ0n) is 12.9. The highest BCUT2D eigenvalue weighted by molar-refractivity contribution is 5.79. The smallest absolute Gasteiger partial charge is 0.242 e. The molecule has 1 aliphatic heterocycles. The zero-order valence-corrected chi connectivity index (χ0v) is 12.9. The van der Waals surface area contributed by atoms with Crippen LogP contribution in [0.1, 0.15) is 17.9 Å². The maximum Gasteiger partial charge on any atom is 0.242 e. The van der Waals surface area contributed by atoms with Crippen LogP contribution in [-0.2, 0) is 24.3 Å². The van der Waals surface area contributed by atoms with E-state index in [2.05, 4.69) is 25.2 Å². The van der Waals surface area contributed by atoms with Crippen molar-refractivity contribution in [2.45, 2.75) is 38.9 Å². The third kappa shape index (κ3) is 2.69. The van der Waals surface area contributed by atoms with Crippen molar-refractivity contribution >= 4 is 16.9 Å². The van der Waals surface area contributed by atoms with Gasteiger partial charge in [-0.15, -0.1) is 5.10 Å². The molecule has 1 aliphatic rings. The summed E-state index contributed by atoms with van der Waals surface area (Å²) in [5, 5.41) is 11.2. The second-order valence-electron chi connectivity index (χ2n) is 5.99. The lowest BCUT2D eigenvalue weighted by atomic mass is 10.1. The van der Waals surface area contributed by atoms with E-state index in [0.29, 0.717) is 0 Å². The predicted octanol–water partition coefficient (Wildman–Crippen LogP) is 1.07. The van der Waals surface area contributed by atoms with Crippen molar-refractivity contribution in [2.75, 3.05) is 0 Å². The number of hydrogen-bond donors (Lipinski definition) is 1. The number of nitrogens with zero attached hydrogens (tertiary/aromatic N) is 5. The molecule has 0 aliphatic carbocycles. The normalized spacial score (nSPS) is 17.2. The molecule has 0 bridgehead atoms. The van der Waals surface area contributed by atoms with Gasteiger partial charge in [-0.05, 0) is 25.5 Å². The summed E-state index contributed by atoms with van der Waals surface area (Å²) < 4.78 is 3.77. The zero-order chi connectivity index (χ0) is 15.8. The molecule has 1 aromatic carbocycles. The summed E-state index contributed by atoms with van der Waals surface area (Å²) in [6, 6.07) is 7.78. The minimum Gasteiger partial charge on any atom is -0.350 e. The lowest BCUT2D eigenvalue weighted by molar-refractivity contribution is -0.122. The SMILES string of the molecule is Cc1cn2c(n1)CCC(NC(=O)Cn1nnc3ccccc31)C2. The van der Waals surface area contributed by atoms with Crippen LogP contribution >= 0.6 is 0 Å². The largest absolute Gasteiger partial charge is 0.350 e. The number of carbonyl (C=O) groups is 1. The minimum absolute atomic E-state index is 0.0362. The Kier molecular flexibility index (Phi) is 3.33. The Labute approximate surface area is 133 Å². The summed E-state index contributed by atoms with van der Waals surface area (Å²) >= 11 is 0. The van der Waals surface area contributed by atoms with E-state index in [9.17, 15) is 4.79 Å². The molecular formula is C16H18N6O. The summed E-state index contributed by atoms with van der Waals surface area (Å²) in [5.41, 5.74) is 2.70. The first-order chi connectivity index (χ1) is 11.2. The molecule has 0 radical (unpaired) electrons. The quantitative estimate of drug-likeness (QED) is 0.785. The lowest BCUT2D eigenvalue weighted by Gasteiger charge is -2.24. The van der Waals surface area contributed by atoms with E-state index in [4.69, 9.17) is 0 Å². The summed E-state index contributed by atoms with van der Waals surface area (Å²) in [6.45, 7) is 2.96. The average molecular weight is 310 g/mol. The van der Waals surface area contributed by atoms with E-state index < -0.39 is 0 Å². The summed E-state index contributed by atoms with van der Waals surface area (Å²) in [4.78, 5) is 16.8. The number of para-hydroxylation sites is 1. The minimum atomic E-state index is -0.0362. The molecule has 1 atom stereocenters. The van der Waals surface area contributed by atoms with Crippen molar-refractivity contribution in [2.24, 2.45) is 0 Å². The molecule has 2 aromatic heterocycles. The van der Waals surface area contributed by atoms with Crippen molar-refractivity contribution in [1.29, 1.82) is 0 Å². The van der Waals surface area contributed by atoms with Gasteiger partial charge in [0.2, 0.25) is 5.91 Å². The molecule has 3 aromatic rings. The molecule has 1 unspecified atom stereocenters. The van der Waals surface area contributed by atoms with Crippen LogP contribution in [0.4, 0.5) is 0 Å². The van der Waals surface area contributed by atoms with Gasteiger partial charge in [0.1, 0.15) is 17.9 Å². The standard InChI is InChI=1S/C16H18N6O/c1-11-8-21-9-12(6-7-15(21)17-11)18-16(23)10-22-14-5-3-2-4-13(14)19-20-22/h2-5,8,12H,6-7,9-10H2,1H3,(H,18,23). The highest BCUT2D eigenvalue weighted by Gasteiger charge is 2.21. The Morgan fingerprint density at radius 2 is 2.26 bits per heavy atom. The van der Waals surface area contributed by atoms with E-state index in [-0.39, 0.29) is 18.5 Å². The number of carbonyl (C=O) groups excluding carboxylic acids is 1. The number of nitrogens with one attached hydrogen (secondary N) is 1. The third-order valence-electron chi connectivity index (χ3n) is 4.19. The molecule has 118 valence electrons. The van der Waals surface area contributed by atoms with Crippen molar-refractivity contribution in [3.63, 3.8) is 0 Å². The van der Waals surface area contributed by atoms with Crippen LogP contribution in [0, 0.1) is 6.92 Å². The highest BCUT2D eigenvalue weighted by atomic mass is 16.2. The van der Waals surface area contributed by atoms with Gasteiger partial charge in [0, 0.05) is 25.2 Å². The molecule has 1 amide bonds. The van der Waals surface area contributed by atoms with Crippen LogP contribution in [0.25, 0.3) is 11.0 Å². The fourth-order valence-corrected chi connectivity index (χ4v) is 3.15. The number of amides is 1. The molecule has 23 heavy (non-hydrogen) atoms. The number of hydrogen-bond acceptors (Lipinski definition) is 4. The molecule has 4 rings (SSSR count). The van der Waals surface area contributed by atoms with E-state index in [1.54, 1.807) is 4.68 Å². The third-order valence-corrected chi connectivity index (χ3v) is 4.19. The maximum atomic E-state index is 12.3. The number of benzene rings is 1. The molecule has 0 spiro atoms. The Balaban J connectivity index is 1.43. The first-order valence-corrected chi connectivity index (χ1v) is 7.79. The first-order valence-electron chi connectivity index (χ1n) is 7.79. The maximum absolute atomic E-state index is 12.3.